The van der Waals surface area contributed by atoms with Crippen LogP contribution in [-0.4, -0.2) is 29.9 Å². The van der Waals surface area contributed by atoms with E-state index in [4.69, 9.17) is 5.11 Å². The third kappa shape index (κ3) is 2.55. The molecule has 2 atom stereocenters. The molecular weight excluding hydrogens is 260 g/mol. The van der Waals surface area contributed by atoms with Crippen LogP contribution in [0, 0.1) is 0 Å². The van der Waals surface area contributed by atoms with Gasteiger partial charge in [-0.05, 0) is 6.42 Å². The normalized spacial score (nSPS) is 14.9. The molecule has 2 heterocycles. The number of carbonyl (C=O) groups is 1. The number of carboxylic acids is 1. The zero-order valence-corrected chi connectivity index (χ0v) is 10.8. The number of hydrogen-bond acceptors (Lipinski definition) is 4. The molecule has 0 bridgehead atoms. The Hall–Kier alpha value is -1.21. The van der Waals surface area contributed by atoms with Gasteiger partial charge in [0.05, 0.1) is 11.4 Å². The first-order valence-corrected chi connectivity index (χ1v) is 7.39. The van der Waals surface area contributed by atoms with Crippen LogP contribution in [0.4, 0.5) is 0 Å². The summed E-state index contributed by atoms with van der Waals surface area (Å²) in [6, 6.07) is 0. The van der Waals surface area contributed by atoms with Crippen LogP contribution < -0.4 is 0 Å². The second kappa shape index (κ2) is 4.97. The molecule has 2 unspecified atom stereocenters. The quantitative estimate of drug-likeness (QED) is 0.895. The lowest BCUT2D eigenvalue weighted by Crippen LogP contribution is -2.25. The topological polar surface area (TPSA) is 71.7 Å². The highest BCUT2D eigenvalue weighted by Gasteiger charge is 2.23. The first kappa shape index (κ1) is 12.3. The molecule has 0 aliphatic rings. The summed E-state index contributed by atoms with van der Waals surface area (Å²) in [5, 5.41) is 10.0. The molecule has 2 rings (SSSR count). The van der Waals surface area contributed by atoms with Gasteiger partial charge in [0.2, 0.25) is 0 Å². The van der Waals surface area contributed by atoms with E-state index in [0.29, 0.717) is 12.1 Å². The van der Waals surface area contributed by atoms with E-state index in [1.54, 1.807) is 13.1 Å². The fraction of sp³-hybridized carbons (Fsp3) is 0.400. The van der Waals surface area contributed by atoms with Crippen molar-refractivity contribution in [2.45, 2.75) is 24.3 Å². The van der Waals surface area contributed by atoms with E-state index in [-0.39, 0.29) is 5.75 Å². The van der Waals surface area contributed by atoms with Gasteiger partial charge in [-0.3, -0.25) is 13.4 Å². The zero-order valence-electron chi connectivity index (χ0n) is 9.20. The van der Waals surface area contributed by atoms with E-state index in [1.807, 2.05) is 16.0 Å². The minimum absolute atomic E-state index is 0.194. The van der Waals surface area contributed by atoms with E-state index in [2.05, 4.69) is 4.98 Å². The van der Waals surface area contributed by atoms with Crippen molar-refractivity contribution in [2.24, 2.45) is 0 Å². The van der Waals surface area contributed by atoms with Crippen LogP contribution >= 0.6 is 11.3 Å². The standard InChI is InChI=1S/C10H12N2O3S2/c1-2-8(9(13)14)17(15)6-7-5-12-3-4-16-10(12)11-7/h3-5,8H,2,6H2,1H3,(H,13,14). The van der Waals surface area contributed by atoms with Gasteiger partial charge in [0.15, 0.2) is 4.96 Å². The molecule has 7 heteroatoms. The molecule has 0 spiro atoms. The number of aliphatic carboxylic acids is 1. The minimum atomic E-state index is -1.42. The predicted octanol–water partition coefficient (Wildman–Crippen LogP) is 1.51. The lowest BCUT2D eigenvalue weighted by Gasteiger charge is -2.07. The van der Waals surface area contributed by atoms with Gasteiger partial charge in [-0.1, -0.05) is 6.92 Å². The van der Waals surface area contributed by atoms with E-state index in [1.165, 1.54) is 11.3 Å². The molecule has 0 fully saturated rings. The number of rotatable bonds is 5. The van der Waals surface area contributed by atoms with Crippen LogP contribution in [0.15, 0.2) is 17.8 Å². The highest BCUT2D eigenvalue weighted by atomic mass is 32.2. The number of imidazole rings is 1. The van der Waals surface area contributed by atoms with Crippen LogP contribution in [0.2, 0.25) is 0 Å². The molecule has 0 aliphatic carbocycles. The lowest BCUT2D eigenvalue weighted by atomic mass is 10.3. The maximum absolute atomic E-state index is 11.9. The van der Waals surface area contributed by atoms with Gasteiger partial charge in [0.1, 0.15) is 5.25 Å². The summed E-state index contributed by atoms with van der Waals surface area (Å²) >= 11 is 1.49. The first-order chi connectivity index (χ1) is 8.11. The average Bonchev–Trinajstić information content (AvgIpc) is 2.77. The number of carboxylic acid groups (broad SMARTS) is 1. The van der Waals surface area contributed by atoms with Crippen molar-refractivity contribution in [3.63, 3.8) is 0 Å². The lowest BCUT2D eigenvalue weighted by molar-refractivity contribution is -0.136. The Morgan fingerprint density at radius 2 is 2.47 bits per heavy atom. The van der Waals surface area contributed by atoms with Crippen molar-refractivity contribution < 1.29 is 14.1 Å². The Morgan fingerprint density at radius 1 is 1.71 bits per heavy atom. The summed E-state index contributed by atoms with van der Waals surface area (Å²) in [4.78, 5) is 16.0. The van der Waals surface area contributed by atoms with Crippen LogP contribution in [0.3, 0.4) is 0 Å². The van der Waals surface area contributed by atoms with Crippen LogP contribution in [0.5, 0.6) is 0 Å². The Morgan fingerprint density at radius 3 is 3.06 bits per heavy atom. The summed E-state index contributed by atoms with van der Waals surface area (Å²) in [6.07, 6.45) is 4.02. The fourth-order valence-corrected chi connectivity index (χ4v) is 3.51. The van der Waals surface area contributed by atoms with E-state index in [0.717, 1.165) is 4.96 Å². The largest absolute Gasteiger partial charge is 0.480 e. The summed E-state index contributed by atoms with van der Waals surface area (Å²) in [6.45, 7) is 1.72. The number of fused-ring (bicyclic) bond motifs is 1. The molecule has 5 nitrogen and oxygen atoms in total. The van der Waals surface area contributed by atoms with Crippen molar-refractivity contribution in [3.8, 4) is 0 Å². The molecule has 0 saturated heterocycles. The monoisotopic (exact) mass is 272 g/mol. The molecule has 2 aromatic heterocycles. The van der Waals surface area contributed by atoms with Crippen LogP contribution in [-0.2, 0) is 21.3 Å². The molecular formula is C10H12N2O3S2. The minimum Gasteiger partial charge on any atom is -0.480 e. The summed E-state index contributed by atoms with van der Waals surface area (Å²) < 4.78 is 13.7. The van der Waals surface area contributed by atoms with Gasteiger partial charge in [0, 0.05) is 28.6 Å². The molecule has 0 amide bonds. The second-order valence-corrected chi connectivity index (χ2v) is 6.08. The molecule has 92 valence electrons. The number of thiazole rings is 1. The van der Waals surface area contributed by atoms with Gasteiger partial charge < -0.3 is 5.11 Å². The first-order valence-electron chi connectivity index (χ1n) is 5.13. The number of nitrogens with zero attached hydrogens (tertiary/aromatic N) is 2. The highest BCUT2D eigenvalue weighted by molar-refractivity contribution is 7.85. The van der Waals surface area contributed by atoms with Crippen molar-refractivity contribution in [2.75, 3.05) is 0 Å². The zero-order chi connectivity index (χ0) is 12.4. The summed E-state index contributed by atoms with van der Waals surface area (Å²) in [5.74, 6) is -0.814. The highest BCUT2D eigenvalue weighted by Crippen LogP contribution is 2.14. The SMILES string of the molecule is CCC(C(=O)O)S(=O)Cc1cn2ccsc2n1. The Balaban J connectivity index is 2.13. The predicted molar refractivity (Wildman–Crippen MR) is 66.6 cm³/mol. The molecule has 17 heavy (non-hydrogen) atoms. The second-order valence-electron chi connectivity index (χ2n) is 3.59. The van der Waals surface area contributed by atoms with Crippen molar-refractivity contribution in [1.29, 1.82) is 0 Å². The fourth-order valence-electron chi connectivity index (χ4n) is 1.56. The van der Waals surface area contributed by atoms with Crippen molar-refractivity contribution in [1.82, 2.24) is 9.38 Å². The van der Waals surface area contributed by atoms with E-state index >= 15 is 0 Å². The number of hydrogen-bond donors (Lipinski definition) is 1. The van der Waals surface area contributed by atoms with Gasteiger partial charge in [-0.25, -0.2) is 4.98 Å². The maximum Gasteiger partial charge on any atom is 0.319 e. The summed E-state index contributed by atoms with van der Waals surface area (Å²) in [5.41, 5.74) is 0.676. The van der Waals surface area contributed by atoms with Crippen LogP contribution in [0.25, 0.3) is 4.96 Å². The van der Waals surface area contributed by atoms with Gasteiger partial charge in [-0.2, -0.15) is 0 Å². The van der Waals surface area contributed by atoms with Crippen molar-refractivity contribution >= 4 is 33.1 Å². The van der Waals surface area contributed by atoms with Gasteiger partial charge >= 0.3 is 5.97 Å². The van der Waals surface area contributed by atoms with E-state index in [9.17, 15) is 9.00 Å². The third-order valence-corrected chi connectivity index (χ3v) is 4.92. The van der Waals surface area contributed by atoms with Gasteiger partial charge in [-0.15, -0.1) is 11.3 Å². The Labute approximate surface area is 105 Å². The maximum atomic E-state index is 11.9. The molecule has 1 N–H and O–H groups in total. The number of aromatic nitrogens is 2. The third-order valence-electron chi connectivity index (χ3n) is 2.40. The van der Waals surface area contributed by atoms with Gasteiger partial charge in [0.25, 0.3) is 0 Å². The van der Waals surface area contributed by atoms with Crippen LogP contribution in [0.1, 0.15) is 19.0 Å². The molecule has 2 aromatic rings. The Kier molecular flexibility index (Phi) is 3.58. The average molecular weight is 272 g/mol. The van der Waals surface area contributed by atoms with Crippen molar-refractivity contribution in [3.05, 3.63) is 23.5 Å². The molecule has 0 aromatic carbocycles. The smallest absolute Gasteiger partial charge is 0.319 e. The molecule has 0 radical (unpaired) electrons. The Bertz CT molecular complexity index is 532. The molecule has 0 aliphatic heterocycles. The molecule has 0 saturated carbocycles. The van der Waals surface area contributed by atoms with E-state index < -0.39 is 22.0 Å². The summed E-state index contributed by atoms with van der Waals surface area (Å²) in [7, 11) is -1.42.